The predicted molar refractivity (Wildman–Crippen MR) is 86.7 cm³/mol. The summed E-state index contributed by atoms with van der Waals surface area (Å²) < 4.78 is 7.55. The molecule has 3 rings (SSSR count). The number of nitrogens with zero attached hydrogens (tertiary/aromatic N) is 2. The van der Waals surface area contributed by atoms with Crippen molar-refractivity contribution in [2.75, 3.05) is 6.61 Å². The maximum absolute atomic E-state index is 12.0. The second-order valence-corrected chi connectivity index (χ2v) is 5.84. The van der Waals surface area contributed by atoms with Gasteiger partial charge >= 0.3 is 6.03 Å². The first-order chi connectivity index (χ1) is 11.2. The number of urea groups is 1. The predicted octanol–water partition coefficient (Wildman–Crippen LogP) is 2.14. The summed E-state index contributed by atoms with van der Waals surface area (Å²) in [6.45, 7) is 1.14. The first-order valence-corrected chi connectivity index (χ1v) is 7.89. The fourth-order valence-corrected chi connectivity index (χ4v) is 2.81. The smallest absolute Gasteiger partial charge is 0.315 e. The zero-order valence-electron chi connectivity index (χ0n) is 13.2. The van der Waals surface area contributed by atoms with E-state index in [1.165, 1.54) is 0 Å². The van der Waals surface area contributed by atoms with Crippen molar-refractivity contribution in [2.45, 2.75) is 31.5 Å². The monoisotopic (exact) mass is 314 g/mol. The summed E-state index contributed by atoms with van der Waals surface area (Å²) >= 11 is 0. The van der Waals surface area contributed by atoms with Gasteiger partial charge in [0.1, 0.15) is 0 Å². The number of hydrogen-bond acceptors (Lipinski definition) is 3. The molecular weight excluding hydrogens is 292 g/mol. The molecule has 2 amide bonds. The highest BCUT2D eigenvalue weighted by molar-refractivity contribution is 5.74. The van der Waals surface area contributed by atoms with Crippen LogP contribution in [0.5, 0.6) is 0 Å². The number of aromatic nitrogens is 2. The molecule has 1 aliphatic rings. The molecule has 2 unspecified atom stereocenters. The molecular formula is C17H22N4O2. The van der Waals surface area contributed by atoms with E-state index >= 15 is 0 Å². The number of hydrogen-bond donors (Lipinski definition) is 2. The lowest BCUT2D eigenvalue weighted by Gasteiger charge is -2.30. The summed E-state index contributed by atoms with van der Waals surface area (Å²) in [6, 6.07) is 10.1. The summed E-state index contributed by atoms with van der Waals surface area (Å²) in [4.78, 5) is 12.0. The third-order valence-corrected chi connectivity index (χ3v) is 4.00. The van der Waals surface area contributed by atoms with Gasteiger partial charge in [0.15, 0.2) is 0 Å². The van der Waals surface area contributed by atoms with Gasteiger partial charge in [-0.15, -0.1) is 0 Å². The van der Waals surface area contributed by atoms with Crippen LogP contribution in [-0.2, 0) is 18.3 Å². The lowest BCUT2D eigenvalue weighted by Crippen LogP contribution is -2.44. The number of rotatable bonds is 4. The zero-order chi connectivity index (χ0) is 16.1. The van der Waals surface area contributed by atoms with Gasteiger partial charge in [0, 0.05) is 38.0 Å². The standard InChI is InChI=1S/C17H22N4O2/c1-21-12-13(11-19-21)10-18-17(22)20-15-7-8-23-16(9-15)14-5-3-2-4-6-14/h2-6,11-12,15-16H,7-10H2,1H3,(H2,18,20,22). The summed E-state index contributed by atoms with van der Waals surface area (Å²) in [7, 11) is 1.86. The Morgan fingerprint density at radius 1 is 1.39 bits per heavy atom. The van der Waals surface area contributed by atoms with Crippen LogP contribution in [0, 0.1) is 0 Å². The van der Waals surface area contributed by atoms with Crippen molar-refractivity contribution < 1.29 is 9.53 Å². The number of carbonyl (C=O) groups excluding carboxylic acids is 1. The highest BCUT2D eigenvalue weighted by Crippen LogP contribution is 2.27. The van der Waals surface area contributed by atoms with Crippen LogP contribution in [0.15, 0.2) is 42.7 Å². The van der Waals surface area contributed by atoms with Gasteiger partial charge in [0.2, 0.25) is 0 Å². The minimum Gasteiger partial charge on any atom is -0.373 e. The van der Waals surface area contributed by atoms with Gasteiger partial charge in [-0.2, -0.15) is 5.10 Å². The molecule has 1 fully saturated rings. The van der Waals surface area contributed by atoms with Gasteiger partial charge in [0.05, 0.1) is 12.3 Å². The molecule has 1 aromatic heterocycles. The van der Waals surface area contributed by atoms with Crippen molar-refractivity contribution in [3.8, 4) is 0 Å². The molecule has 2 atom stereocenters. The molecule has 0 aliphatic carbocycles. The van der Waals surface area contributed by atoms with Gasteiger partial charge in [-0.3, -0.25) is 4.68 Å². The molecule has 1 saturated heterocycles. The molecule has 6 nitrogen and oxygen atoms in total. The SMILES string of the molecule is Cn1cc(CNC(=O)NC2CCOC(c3ccccc3)C2)cn1. The summed E-state index contributed by atoms with van der Waals surface area (Å²) in [6.07, 6.45) is 5.32. The van der Waals surface area contributed by atoms with E-state index in [-0.39, 0.29) is 18.2 Å². The highest BCUT2D eigenvalue weighted by atomic mass is 16.5. The van der Waals surface area contributed by atoms with Crippen molar-refractivity contribution in [3.63, 3.8) is 0 Å². The number of nitrogens with one attached hydrogen (secondary N) is 2. The Labute approximate surface area is 135 Å². The third-order valence-electron chi connectivity index (χ3n) is 4.00. The Morgan fingerprint density at radius 3 is 2.96 bits per heavy atom. The van der Waals surface area contributed by atoms with Gasteiger partial charge < -0.3 is 15.4 Å². The number of benzene rings is 1. The van der Waals surface area contributed by atoms with Crippen LogP contribution in [0.1, 0.15) is 30.1 Å². The molecule has 0 spiro atoms. The second-order valence-electron chi connectivity index (χ2n) is 5.84. The maximum Gasteiger partial charge on any atom is 0.315 e. The van der Waals surface area contributed by atoms with Gasteiger partial charge in [-0.1, -0.05) is 30.3 Å². The van der Waals surface area contributed by atoms with Gasteiger partial charge in [0.25, 0.3) is 0 Å². The van der Waals surface area contributed by atoms with E-state index in [0.29, 0.717) is 13.2 Å². The van der Waals surface area contributed by atoms with E-state index in [0.717, 1.165) is 24.0 Å². The molecule has 1 aromatic carbocycles. The molecule has 1 aliphatic heterocycles. The maximum atomic E-state index is 12.0. The molecule has 23 heavy (non-hydrogen) atoms. The molecule has 0 radical (unpaired) electrons. The van der Waals surface area contributed by atoms with Gasteiger partial charge in [-0.25, -0.2) is 4.79 Å². The second kappa shape index (κ2) is 7.28. The average molecular weight is 314 g/mol. The van der Waals surface area contributed by atoms with E-state index in [9.17, 15) is 4.79 Å². The Kier molecular flexibility index (Phi) is 4.92. The first-order valence-electron chi connectivity index (χ1n) is 7.89. The van der Waals surface area contributed by atoms with Crippen LogP contribution in [0.3, 0.4) is 0 Å². The van der Waals surface area contributed by atoms with E-state index in [1.54, 1.807) is 10.9 Å². The summed E-state index contributed by atoms with van der Waals surface area (Å²) in [5.74, 6) is 0. The minimum absolute atomic E-state index is 0.0496. The van der Waals surface area contributed by atoms with E-state index in [1.807, 2.05) is 31.4 Å². The van der Waals surface area contributed by atoms with Crippen LogP contribution in [0.25, 0.3) is 0 Å². The fourth-order valence-electron chi connectivity index (χ4n) is 2.81. The van der Waals surface area contributed by atoms with Crippen LogP contribution >= 0.6 is 0 Å². The summed E-state index contributed by atoms with van der Waals surface area (Å²) in [5, 5.41) is 9.99. The van der Waals surface area contributed by atoms with Crippen LogP contribution in [-0.4, -0.2) is 28.5 Å². The number of amides is 2. The lowest BCUT2D eigenvalue weighted by atomic mass is 9.97. The molecule has 2 heterocycles. The first kappa shape index (κ1) is 15.6. The lowest BCUT2D eigenvalue weighted by molar-refractivity contribution is 0.00225. The highest BCUT2D eigenvalue weighted by Gasteiger charge is 2.24. The van der Waals surface area contributed by atoms with E-state index in [4.69, 9.17) is 4.74 Å². The topological polar surface area (TPSA) is 68.2 Å². The van der Waals surface area contributed by atoms with Crippen molar-refractivity contribution in [1.82, 2.24) is 20.4 Å². The van der Waals surface area contributed by atoms with Crippen LogP contribution < -0.4 is 10.6 Å². The largest absolute Gasteiger partial charge is 0.373 e. The van der Waals surface area contributed by atoms with Crippen LogP contribution in [0.4, 0.5) is 4.79 Å². The number of aryl methyl sites for hydroxylation is 1. The molecule has 0 saturated carbocycles. The van der Waals surface area contributed by atoms with Crippen molar-refractivity contribution in [3.05, 3.63) is 53.9 Å². The zero-order valence-corrected chi connectivity index (χ0v) is 13.2. The Bertz CT molecular complexity index is 641. The van der Waals surface area contributed by atoms with Crippen LogP contribution in [0.2, 0.25) is 0 Å². The molecule has 6 heteroatoms. The number of ether oxygens (including phenoxy) is 1. The summed E-state index contributed by atoms with van der Waals surface area (Å²) in [5.41, 5.74) is 2.14. The average Bonchev–Trinajstić information content (AvgIpc) is 3.00. The quantitative estimate of drug-likeness (QED) is 0.908. The molecule has 2 aromatic rings. The molecule has 122 valence electrons. The number of carbonyl (C=O) groups is 1. The van der Waals surface area contributed by atoms with E-state index in [2.05, 4.69) is 27.9 Å². The normalized spacial score (nSPS) is 20.9. The molecule has 0 bridgehead atoms. The van der Waals surface area contributed by atoms with Gasteiger partial charge in [-0.05, 0) is 18.4 Å². The Balaban J connectivity index is 1.48. The Morgan fingerprint density at radius 2 is 2.22 bits per heavy atom. The fraction of sp³-hybridized carbons (Fsp3) is 0.412. The minimum atomic E-state index is -0.146. The van der Waals surface area contributed by atoms with Crippen molar-refractivity contribution >= 4 is 6.03 Å². The van der Waals surface area contributed by atoms with Crippen molar-refractivity contribution in [2.24, 2.45) is 7.05 Å². The Hall–Kier alpha value is -2.34. The van der Waals surface area contributed by atoms with Crippen molar-refractivity contribution in [1.29, 1.82) is 0 Å². The molecule has 2 N–H and O–H groups in total. The van der Waals surface area contributed by atoms with E-state index < -0.39 is 0 Å². The third kappa shape index (κ3) is 4.32.